The Bertz CT molecular complexity index is 832. The monoisotopic (exact) mass is 324 g/mol. The highest BCUT2D eigenvalue weighted by atomic mass is 16.5. The molecule has 3 aromatic rings. The third-order valence-electron chi connectivity index (χ3n) is 4.33. The molecule has 24 heavy (non-hydrogen) atoms. The van der Waals surface area contributed by atoms with Crippen LogP contribution in [0.2, 0.25) is 0 Å². The number of aromatic nitrogens is 3. The molecule has 3 heterocycles. The van der Waals surface area contributed by atoms with Crippen LogP contribution in [0.1, 0.15) is 17.4 Å². The predicted molar refractivity (Wildman–Crippen MR) is 90.9 cm³/mol. The van der Waals surface area contributed by atoms with Crippen molar-refractivity contribution < 1.29 is 9.47 Å². The Hall–Kier alpha value is -2.44. The number of benzene rings is 1. The van der Waals surface area contributed by atoms with Gasteiger partial charge in [0, 0.05) is 31.5 Å². The fourth-order valence-corrected chi connectivity index (χ4v) is 3.15. The van der Waals surface area contributed by atoms with E-state index in [2.05, 4.69) is 14.9 Å². The first-order valence-electron chi connectivity index (χ1n) is 8.07. The van der Waals surface area contributed by atoms with Crippen molar-refractivity contribution in [3.05, 3.63) is 54.1 Å². The normalized spacial score (nSPS) is 17.0. The van der Waals surface area contributed by atoms with Crippen molar-refractivity contribution in [2.24, 2.45) is 0 Å². The van der Waals surface area contributed by atoms with E-state index in [1.807, 2.05) is 42.7 Å². The lowest BCUT2D eigenvalue weighted by Crippen LogP contribution is -2.32. The molecule has 0 spiro atoms. The van der Waals surface area contributed by atoms with Crippen LogP contribution in [-0.2, 0) is 17.9 Å². The average Bonchev–Trinajstić information content (AvgIpc) is 3.01. The van der Waals surface area contributed by atoms with Crippen LogP contribution in [0.3, 0.4) is 0 Å². The SMILES string of the molecule is COc1ccc2nc3n(c2c1)C(CNCc1ccncc1)COC3. The maximum Gasteiger partial charge on any atom is 0.136 e. The van der Waals surface area contributed by atoms with E-state index < -0.39 is 0 Å². The number of hydrogen-bond acceptors (Lipinski definition) is 5. The molecular weight excluding hydrogens is 304 g/mol. The van der Waals surface area contributed by atoms with Crippen molar-refractivity contribution in [2.45, 2.75) is 19.2 Å². The van der Waals surface area contributed by atoms with Gasteiger partial charge in [-0.15, -0.1) is 0 Å². The van der Waals surface area contributed by atoms with Crippen molar-refractivity contribution in [3.8, 4) is 5.75 Å². The van der Waals surface area contributed by atoms with Gasteiger partial charge < -0.3 is 19.4 Å². The van der Waals surface area contributed by atoms with Gasteiger partial charge in [-0.1, -0.05) is 0 Å². The third-order valence-corrected chi connectivity index (χ3v) is 4.33. The molecule has 1 aliphatic rings. The van der Waals surface area contributed by atoms with Gasteiger partial charge >= 0.3 is 0 Å². The first-order valence-corrected chi connectivity index (χ1v) is 8.07. The molecule has 2 aromatic heterocycles. The maximum atomic E-state index is 5.73. The predicted octanol–water partition coefficient (Wildman–Crippen LogP) is 2.30. The maximum absolute atomic E-state index is 5.73. The van der Waals surface area contributed by atoms with E-state index in [1.165, 1.54) is 5.56 Å². The fraction of sp³-hybridized carbons (Fsp3) is 0.333. The van der Waals surface area contributed by atoms with Crippen LogP contribution >= 0.6 is 0 Å². The van der Waals surface area contributed by atoms with Crippen LogP contribution < -0.4 is 10.1 Å². The van der Waals surface area contributed by atoms with Gasteiger partial charge in [-0.3, -0.25) is 4.98 Å². The van der Waals surface area contributed by atoms with Crippen molar-refractivity contribution in [3.63, 3.8) is 0 Å². The fourth-order valence-electron chi connectivity index (χ4n) is 3.15. The second-order valence-corrected chi connectivity index (χ2v) is 5.91. The van der Waals surface area contributed by atoms with Crippen molar-refractivity contribution in [2.75, 3.05) is 20.3 Å². The van der Waals surface area contributed by atoms with Crippen LogP contribution in [0.25, 0.3) is 11.0 Å². The molecule has 6 heteroatoms. The number of nitrogens with one attached hydrogen (secondary N) is 1. The number of methoxy groups -OCH3 is 1. The first kappa shape index (κ1) is 15.1. The molecular formula is C18H20N4O2. The summed E-state index contributed by atoms with van der Waals surface area (Å²) in [6.45, 7) is 2.86. The number of hydrogen-bond donors (Lipinski definition) is 1. The van der Waals surface area contributed by atoms with Crippen LogP contribution in [0, 0.1) is 0 Å². The molecule has 6 nitrogen and oxygen atoms in total. The summed E-state index contributed by atoms with van der Waals surface area (Å²) >= 11 is 0. The molecule has 0 amide bonds. The summed E-state index contributed by atoms with van der Waals surface area (Å²) < 4.78 is 13.4. The molecule has 0 fully saturated rings. The number of fused-ring (bicyclic) bond motifs is 3. The summed E-state index contributed by atoms with van der Waals surface area (Å²) in [7, 11) is 1.69. The summed E-state index contributed by atoms with van der Waals surface area (Å²) in [6, 6.07) is 10.3. The van der Waals surface area contributed by atoms with Gasteiger partial charge in [-0.25, -0.2) is 4.98 Å². The van der Waals surface area contributed by atoms with Gasteiger partial charge in [-0.2, -0.15) is 0 Å². The van der Waals surface area contributed by atoms with E-state index in [4.69, 9.17) is 14.5 Å². The summed E-state index contributed by atoms with van der Waals surface area (Å²) in [4.78, 5) is 8.74. The minimum Gasteiger partial charge on any atom is -0.497 e. The van der Waals surface area contributed by atoms with E-state index in [1.54, 1.807) is 7.11 Å². The van der Waals surface area contributed by atoms with Gasteiger partial charge in [0.15, 0.2) is 0 Å². The highest BCUT2D eigenvalue weighted by Crippen LogP contribution is 2.28. The topological polar surface area (TPSA) is 61.2 Å². The number of rotatable bonds is 5. The zero-order valence-electron chi connectivity index (χ0n) is 13.6. The Labute approximate surface area is 140 Å². The van der Waals surface area contributed by atoms with E-state index >= 15 is 0 Å². The summed E-state index contributed by atoms with van der Waals surface area (Å²) in [5.74, 6) is 1.82. The minimum absolute atomic E-state index is 0.215. The lowest BCUT2D eigenvalue weighted by Gasteiger charge is -2.26. The van der Waals surface area contributed by atoms with E-state index in [0.717, 1.165) is 35.7 Å². The standard InChI is InChI=1S/C18H20N4O2/c1-23-15-2-3-16-17(8-15)22-14(11-24-12-18(22)21-16)10-20-9-13-4-6-19-7-5-13/h2-8,14,20H,9-12H2,1H3. The Morgan fingerprint density at radius 3 is 3.00 bits per heavy atom. The minimum atomic E-state index is 0.215. The molecule has 1 atom stereocenters. The molecule has 4 rings (SSSR count). The second-order valence-electron chi connectivity index (χ2n) is 5.91. The molecule has 1 N–H and O–H groups in total. The highest BCUT2D eigenvalue weighted by molar-refractivity contribution is 5.78. The molecule has 0 radical (unpaired) electrons. The summed E-state index contributed by atoms with van der Waals surface area (Å²) in [6.07, 6.45) is 3.63. The van der Waals surface area contributed by atoms with E-state index in [0.29, 0.717) is 13.2 Å². The zero-order valence-corrected chi connectivity index (χ0v) is 13.6. The Kier molecular flexibility index (Phi) is 4.15. The largest absolute Gasteiger partial charge is 0.497 e. The number of nitrogens with zero attached hydrogens (tertiary/aromatic N) is 3. The molecule has 0 saturated heterocycles. The second kappa shape index (κ2) is 6.59. The molecule has 1 aromatic carbocycles. The van der Waals surface area contributed by atoms with Gasteiger partial charge in [0.2, 0.25) is 0 Å². The van der Waals surface area contributed by atoms with Crippen LogP contribution in [0.5, 0.6) is 5.75 Å². The molecule has 1 aliphatic heterocycles. The summed E-state index contributed by atoms with van der Waals surface area (Å²) in [5.41, 5.74) is 3.30. The highest BCUT2D eigenvalue weighted by Gasteiger charge is 2.24. The van der Waals surface area contributed by atoms with Gasteiger partial charge in [-0.05, 0) is 29.8 Å². The Morgan fingerprint density at radius 2 is 2.17 bits per heavy atom. The third kappa shape index (κ3) is 2.86. The smallest absolute Gasteiger partial charge is 0.136 e. The van der Waals surface area contributed by atoms with Gasteiger partial charge in [0.1, 0.15) is 18.2 Å². The van der Waals surface area contributed by atoms with Gasteiger partial charge in [0.25, 0.3) is 0 Å². The van der Waals surface area contributed by atoms with Crippen molar-refractivity contribution >= 4 is 11.0 Å². The number of imidazole rings is 1. The first-order chi connectivity index (χ1) is 11.8. The van der Waals surface area contributed by atoms with E-state index in [9.17, 15) is 0 Å². The quantitative estimate of drug-likeness (QED) is 0.780. The Balaban J connectivity index is 1.56. The number of pyridine rings is 1. The molecule has 0 aliphatic carbocycles. The van der Waals surface area contributed by atoms with Crippen LogP contribution in [0.15, 0.2) is 42.7 Å². The van der Waals surface area contributed by atoms with Crippen LogP contribution in [0.4, 0.5) is 0 Å². The molecule has 0 bridgehead atoms. The lowest BCUT2D eigenvalue weighted by atomic mass is 10.2. The van der Waals surface area contributed by atoms with Crippen molar-refractivity contribution in [1.82, 2.24) is 19.9 Å². The molecule has 124 valence electrons. The summed E-state index contributed by atoms with van der Waals surface area (Å²) in [5, 5.41) is 3.51. The van der Waals surface area contributed by atoms with Crippen molar-refractivity contribution in [1.29, 1.82) is 0 Å². The molecule has 1 unspecified atom stereocenters. The van der Waals surface area contributed by atoms with E-state index in [-0.39, 0.29) is 6.04 Å². The Morgan fingerprint density at radius 1 is 1.29 bits per heavy atom. The number of ether oxygens (including phenoxy) is 2. The molecule has 0 saturated carbocycles. The average molecular weight is 324 g/mol. The van der Waals surface area contributed by atoms with Crippen LogP contribution in [-0.4, -0.2) is 34.8 Å². The van der Waals surface area contributed by atoms with Gasteiger partial charge in [0.05, 0.1) is 30.8 Å². The zero-order chi connectivity index (χ0) is 16.4. The lowest BCUT2D eigenvalue weighted by molar-refractivity contribution is 0.0564.